The summed E-state index contributed by atoms with van der Waals surface area (Å²) < 4.78 is 7.67. The number of rotatable bonds is 3. The van der Waals surface area contributed by atoms with Gasteiger partial charge in [0.15, 0.2) is 11.4 Å². The SMILES string of the molecule is C[C@H]1CC[C@@H]2Cn3ccc(=O)c(OCc4ccccc4)c3C(=O)N21. The normalized spacial score (nSPS) is 22.2. The third-order valence-electron chi connectivity index (χ3n) is 4.99. The molecule has 0 saturated carbocycles. The molecule has 1 amide bonds. The van der Waals surface area contributed by atoms with E-state index in [1.807, 2.05) is 39.8 Å². The highest BCUT2D eigenvalue weighted by Gasteiger charge is 2.41. The van der Waals surface area contributed by atoms with Crippen LogP contribution in [0.1, 0.15) is 35.8 Å². The molecule has 2 aromatic rings. The summed E-state index contributed by atoms with van der Waals surface area (Å²) in [6, 6.07) is 11.6. The molecule has 0 radical (unpaired) electrons. The highest BCUT2D eigenvalue weighted by atomic mass is 16.5. The number of nitrogens with zero attached hydrogens (tertiary/aromatic N) is 2. The third-order valence-corrected chi connectivity index (χ3v) is 4.99. The molecule has 4 rings (SSSR count). The summed E-state index contributed by atoms with van der Waals surface area (Å²) in [4.78, 5) is 27.2. The fraction of sp³-hybridized carbons (Fsp3) is 0.368. The lowest BCUT2D eigenvalue weighted by Crippen LogP contribution is -2.48. The number of carbonyl (C=O) groups is 1. The average molecular weight is 324 g/mol. The lowest BCUT2D eigenvalue weighted by atomic mass is 10.1. The summed E-state index contributed by atoms with van der Waals surface area (Å²) in [5.74, 6) is 0.0842. The summed E-state index contributed by atoms with van der Waals surface area (Å²) >= 11 is 0. The largest absolute Gasteiger partial charge is 0.483 e. The van der Waals surface area contributed by atoms with E-state index in [2.05, 4.69) is 6.92 Å². The third kappa shape index (κ3) is 2.40. The maximum atomic E-state index is 13.0. The van der Waals surface area contributed by atoms with Gasteiger partial charge in [0.2, 0.25) is 5.43 Å². The van der Waals surface area contributed by atoms with Crippen molar-refractivity contribution >= 4 is 5.91 Å². The van der Waals surface area contributed by atoms with E-state index in [0.717, 1.165) is 24.9 Å². The number of fused-ring (bicyclic) bond motifs is 2. The van der Waals surface area contributed by atoms with Gasteiger partial charge in [0.05, 0.1) is 6.04 Å². The van der Waals surface area contributed by atoms with Crippen molar-refractivity contribution in [2.45, 2.75) is 45.0 Å². The van der Waals surface area contributed by atoms with Crippen LogP contribution < -0.4 is 10.2 Å². The zero-order chi connectivity index (χ0) is 16.7. The summed E-state index contributed by atoms with van der Waals surface area (Å²) in [5, 5.41) is 0. The van der Waals surface area contributed by atoms with Crippen molar-refractivity contribution in [2.24, 2.45) is 0 Å². The Hall–Kier alpha value is -2.56. The summed E-state index contributed by atoms with van der Waals surface area (Å²) in [7, 11) is 0. The van der Waals surface area contributed by atoms with Crippen molar-refractivity contribution in [3.8, 4) is 5.75 Å². The highest BCUT2D eigenvalue weighted by Crippen LogP contribution is 2.33. The van der Waals surface area contributed by atoms with Crippen LogP contribution in [-0.4, -0.2) is 27.5 Å². The number of carbonyl (C=O) groups excluding carboxylic acids is 1. The monoisotopic (exact) mass is 324 g/mol. The van der Waals surface area contributed by atoms with Gasteiger partial charge in [-0.2, -0.15) is 0 Å². The quantitative estimate of drug-likeness (QED) is 0.871. The van der Waals surface area contributed by atoms with Crippen molar-refractivity contribution in [2.75, 3.05) is 0 Å². The molecule has 1 aromatic heterocycles. The second-order valence-corrected chi connectivity index (χ2v) is 6.58. The van der Waals surface area contributed by atoms with Gasteiger partial charge in [-0.25, -0.2) is 0 Å². The van der Waals surface area contributed by atoms with E-state index in [9.17, 15) is 9.59 Å². The van der Waals surface area contributed by atoms with Gasteiger partial charge < -0.3 is 14.2 Å². The summed E-state index contributed by atoms with van der Waals surface area (Å²) in [6.07, 6.45) is 3.74. The van der Waals surface area contributed by atoms with Crippen LogP contribution in [0.2, 0.25) is 0 Å². The lowest BCUT2D eigenvalue weighted by molar-refractivity contribution is 0.0593. The smallest absolute Gasteiger partial charge is 0.275 e. The lowest BCUT2D eigenvalue weighted by Gasteiger charge is -2.35. The van der Waals surface area contributed by atoms with Crippen molar-refractivity contribution in [1.82, 2.24) is 9.47 Å². The molecule has 1 saturated heterocycles. The second-order valence-electron chi connectivity index (χ2n) is 6.58. The summed E-state index contributed by atoms with van der Waals surface area (Å²) in [6.45, 7) is 3.08. The second kappa shape index (κ2) is 5.82. The van der Waals surface area contributed by atoms with Crippen LogP contribution in [0, 0.1) is 0 Å². The van der Waals surface area contributed by atoms with Crippen molar-refractivity contribution in [3.63, 3.8) is 0 Å². The summed E-state index contributed by atoms with van der Waals surface area (Å²) in [5.41, 5.74) is 1.12. The maximum absolute atomic E-state index is 13.0. The predicted octanol–water partition coefficient (Wildman–Crippen LogP) is 2.43. The van der Waals surface area contributed by atoms with Crippen LogP contribution in [0.3, 0.4) is 0 Å². The molecule has 5 heteroatoms. The number of pyridine rings is 1. The van der Waals surface area contributed by atoms with Crippen LogP contribution >= 0.6 is 0 Å². The molecule has 1 aromatic carbocycles. The Morgan fingerprint density at radius 2 is 1.92 bits per heavy atom. The zero-order valence-electron chi connectivity index (χ0n) is 13.6. The Morgan fingerprint density at radius 3 is 2.71 bits per heavy atom. The minimum absolute atomic E-state index is 0.0861. The van der Waals surface area contributed by atoms with E-state index >= 15 is 0 Å². The van der Waals surface area contributed by atoms with Crippen LogP contribution in [0.5, 0.6) is 5.75 Å². The average Bonchev–Trinajstić information content (AvgIpc) is 2.96. The van der Waals surface area contributed by atoms with Crippen LogP contribution in [0.15, 0.2) is 47.4 Å². The first-order chi connectivity index (χ1) is 11.6. The first kappa shape index (κ1) is 15.0. The van der Waals surface area contributed by atoms with Crippen LogP contribution in [0.4, 0.5) is 0 Å². The fourth-order valence-corrected chi connectivity index (χ4v) is 3.76. The number of aromatic nitrogens is 1. The highest BCUT2D eigenvalue weighted by molar-refractivity contribution is 5.96. The van der Waals surface area contributed by atoms with Gasteiger partial charge in [0.1, 0.15) is 6.61 Å². The van der Waals surface area contributed by atoms with Crippen LogP contribution in [0.25, 0.3) is 0 Å². The minimum Gasteiger partial charge on any atom is -0.483 e. The Balaban J connectivity index is 1.70. The predicted molar refractivity (Wildman–Crippen MR) is 90.1 cm³/mol. The number of amides is 1. The van der Waals surface area contributed by atoms with Gasteiger partial charge in [-0.1, -0.05) is 30.3 Å². The van der Waals surface area contributed by atoms with Gasteiger partial charge in [-0.15, -0.1) is 0 Å². The van der Waals surface area contributed by atoms with E-state index in [0.29, 0.717) is 5.69 Å². The molecule has 3 heterocycles. The van der Waals surface area contributed by atoms with Crippen molar-refractivity contribution in [3.05, 3.63) is 64.1 Å². The first-order valence-corrected chi connectivity index (χ1v) is 8.38. The molecule has 2 aliphatic heterocycles. The zero-order valence-corrected chi connectivity index (χ0v) is 13.6. The molecule has 0 unspecified atom stereocenters. The Bertz CT molecular complexity index is 828. The Morgan fingerprint density at radius 1 is 1.12 bits per heavy atom. The topological polar surface area (TPSA) is 51.5 Å². The number of hydrogen-bond acceptors (Lipinski definition) is 3. The number of benzene rings is 1. The molecule has 5 nitrogen and oxygen atoms in total. The van der Waals surface area contributed by atoms with Crippen LogP contribution in [-0.2, 0) is 13.2 Å². The maximum Gasteiger partial charge on any atom is 0.275 e. The Labute approximate surface area is 140 Å². The Kier molecular flexibility index (Phi) is 3.63. The van der Waals surface area contributed by atoms with E-state index in [1.54, 1.807) is 6.20 Å². The minimum atomic E-state index is -0.240. The van der Waals surface area contributed by atoms with Crippen molar-refractivity contribution < 1.29 is 9.53 Å². The van der Waals surface area contributed by atoms with Gasteiger partial charge in [-0.05, 0) is 25.3 Å². The molecule has 2 atom stereocenters. The molecule has 0 spiro atoms. The number of hydrogen-bond donors (Lipinski definition) is 0. The van der Waals surface area contributed by atoms with Gasteiger partial charge >= 0.3 is 0 Å². The molecular formula is C19H20N2O3. The van der Waals surface area contributed by atoms with Crippen molar-refractivity contribution in [1.29, 1.82) is 0 Å². The molecule has 124 valence electrons. The van der Waals surface area contributed by atoms with E-state index in [1.165, 1.54) is 6.07 Å². The standard InChI is InChI=1S/C19H20N2O3/c1-13-7-8-15-11-20-10-9-16(22)18(17(20)19(23)21(13)15)24-12-14-5-3-2-4-6-14/h2-6,9-10,13,15H,7-8,11-12H2,1H3/t13-,15+/m0/s1. The molecule has 0 N–H and O–H groups in total. The van der Waals surface area contributed by atoms with E-state index in [4.69, 9.17) is 4.74 Å². The molecule has 0 bridgehead atoms. The molecular weight excluding hydrogens is 304 g/mol. The molecule has 1 fully saturated rings. The fourth-order valence-electron chi connectivity index (χ4n) is 3.76. The molecule has 24 heavy (non-hydrogen) atoms. The number of ether oxygens (including phenoxy) is 1. The molecule has 0 aliphatic carbocycles. The van der Waals surface area contributed by atoms with Gasteiger partial charge in [0.25, 0.3) is 5.91 Å². The first-order valence-electron chi connectivity index (χ1n) is 8.38. The van der Waals surface area contributed by atoms with E-state index < -0.39 is 0 Å². The van der Waals surface area contributed by atoms with Gasteiger partial charge in [-0.3, -0.25) is 9.59 Å². The van der Waals surface area contributed by atoms with E-state index in [-0.39, 0.29) is 35.8 Å². The van der Waals surface area contributed by atoms with Gasteiger partial charge in [0, 0.05) is 24.8 Å². The molecule has 2 aliphatic rings.